The van der Waals surface area contributed by atoms with E-state index in [0.717, 1.165) is 49.7 Å². The minimum Gasteiger partial charge on any atom is -0.377 e. The fraction of sp³-hybridized carbons (Fsp3) is 0.524. The van der Waals surface area contributed by atoms with Gasteiger partial charge in [0.25, 0.3) is 0 Å². The molecule has 2 aromatic rings. The summed E-state index contributed by atoms with van der Waals surface area (Å²) in [7, 11) is 4.23. The summed E-state index contributed by atoms with van der Waals surface area (Å²) in [6.45, 7) is 6.89. The van der Waals surface area contributed by atoms with Gasteiger partial charge in [0.2, 0.25) is 0 Å². The van der Waals surface area contributed by atoms with Gasteiger partial charge in [0.15, 0.2) is 5.82 Å². The van der Waals surface area contributed by atoms with Crippen LogP contribution in [0.2, 0.25) is 0 Å². The molecule has 1 fully saturated rings. The molecule has 1 aliphatic rings. The van der Waals surface area contributed by atoms with Crippen LogP contribution in [0.5, 0.6) is 0 Å². The van der Waals surface area contributed by atoms with Crippen LogP contribution in [0.3, 0.4) is 0 Å². The highest BCUT2D eigenvalue weighted by molar-refractivity contribution is 5.55. The molecule has 140 valence electrons. The number of aromatic nitrogens is 2. The third kappa shape index (κ3) is 5.59. The number of hydrogen-bond acceptors (Lipinski definition) is 5. The van der Waals surface area contributed by atoms with E-state index in [1.807, 2.05) is 18.5 Å². The molecule has 1 saturated heterocycles. The number of rotatable bonds is 8. The summed E-state index contributed by atoms with van der Waals surface area (Å²) in [5, 5.41) is 0. The summed E-state index contributed by atoms with van der Waals surface area (Å²) >= 11 is 0. The Morgan fingerprint density at radius 2 is 1.96 bits per heavy atom. The molecule has 0 spiro atoms. The molecule has 0 aliphatic carbocycles. The van der Waals surface area contributed by atoms with E-state index in [4.69, 9.17) is 4.74 Å². The molecule has 2 heterocycles. The van der Waals surface area contributed by atoms with Crippen LogP contribution in [0.15, 0.2) is 36.7 Å². The smallest absolute Gasteiger partial charge is 0.159 e. The molecular formula is C21H30N4O. The Morgan fingerprint density at radius 1 is 1.15 bits per heavy atom. The molecule has 5 heteroatoms. The van der Waals surface area contributed by atoms with Gasteiger partial charge in [0.05, 0.1) is 6.10 Å². The molecule has 0 N–H and O–H groups in total. The third-order valence-electron chi connectivity index (χ3n) is 4.74. The molecule has 1 atom stereocenters. The van der Waals surface area contributed by atoms with Gasteiger partial charge in [-0.05, 0) is 39.9 Å². The summed E-state index contributed by atoms with van der Waals surface area (Å²) in [5.74, 6) is 0.788. The van der Waals surface area contributed by atoms with Crippen LogP contribution in [0, 0.1) is 6.92 Å². The molecule has 1 aliphatic heterocycles. The first-order valence-electron chi connectivity index (χ1n) is 9.47. The average Bonchev–Trinajstić information content (AvgIpc) is 3.13. The highest BCUT2D eigenvalue weighted by Gasteiger charge is 2.19. The minimum atomic E-state index is 0.365. The van der Waals surface area contributed by atoms with Crippen molar-refractivity contribution in [2.24, 2.45) is 0 Å². The second-order valence-corrected chi connectivity index (χ2v) is 7.46. The van der Waals surface area contributed by atoms with Crippen LogP contribution in [0.4, 0.5) is 0 Å². The summed E-state index contributed by atoms with van der Waals surface area (Å²) in [4.78, 5) is 13.9. The Balaban J connectivity index is 1.65. The van der Waals surface area contributed by atoms with Crippen LogP contribution in [0.25, 0.3) is 11.4 Å². The molecule has 0 saturated carbocycles. The molecule has 0 radical (unpaired) electrons. The monoisotopic (exact) mass is 354 g/mol. The molecule has 3 rings (SSSR count). The van der Waals surface area contributed by atoms with Gasteiger partial charge >= 0.3 is 0 Å². The summed E-state index contributed by atoms with van der Waals surface area (Å²) in [5.41, 5.74) is 3.44. The molecule has 0 amide bonds. The topological polar surface area (TPSA) is 41.5 Å². The zero-order valence-corrected chi connectivity index (χ0v) is 16.2. The molecule has 1 aromatic carbocycles. The summed E-state index contributed by atoms with van der Waals surface area (Å²) in [6.07, 6.45) is 6.64. The van der Waals surface area contributed by atoms with Crippen LogP contribution in [-0.2, 0) is 11.3 Å². The first-order valence-corrected chi connectivity index (χ1v) is 9.47. The van der Waals surface area contributed by atoms with Gasteiger partial charge < -0.3 is 9.64 Å². The Labute approximate surface area is 157 Å². The van der Waals surface area contributed by atoms with Crippen molar-refractivity contribution in [3.8, 4) is 11.4 Å². The predicted octanol–water partition coefficient (Wildman–Crippen LogP) is 2.99. The van der Waals surface area contributed by atoms with E-state index in [0.29, 0.717) is 6.10 Å². The van der Waals surface area contributed by atoms with Gasteiger partial charge in [-0.2, -0.15) is 0 Å². The zero-order valence-electron chi connectivity index (χ0n) is 16.2. The fourth-order valence-electron chi connectivity index (χ4n) is 3.28. The SMILES string of the molecule is Cc1cccc(-c2ncc(CN(CCN(C)C)C[C@H]3CCCO3)cn2)c1. The van der Waals surface area contributed by atoms with E-state index in [2.05, 4.69) is 59.0 Å². The first-order chi connectivity index (χ1) is 12.6. The third-order valence-corrected chi connectivity index (χ3v) is 4.74. The van der Waals surface area contributed by atoms with E-state index >= 15 is 0 Å². The van der Waals surface area contributed by atoms with Crippen molar-refractivity contribution in [3.63, 3.8) is 0 Å². The fourth-order valence-corrected chi connectivity index (χ4v) is 3.28. The normalized spacial score (nSPS) is 17.3. The lowest BCUT2D eigenvalue weighted by Gasteiger charge is -2.26. The highest BCUT2D eigenvalue weighted by atomic mass is 16.5. The maximum atomic E-state index is 5.83. The molecule has 1 aromatic heterocycles. The van der Waals surface area contributed by atoms with E-state index in [9.17, 15) is 0 Å². The van der Waals surface area contributed by atoms with Crippen molar-refractivity contribution < 1.29 is 4.74 Å². The standard InChI is InChI=1S/C21H30N4O/c1-17-6-4-7-19(12-17)21-22-13-18(14-23-21)15-25(10-9-24(2)3)16-20-8-5-11-26-20/h4,6-7,12-14,20H,5,8-11,15-16H2,1-3H3/t20-/m1/s1. The lowest BCUT2D eigenvalue weighted by Crippen LogP contribution is -2.36. The van der Waals surface area contributed by atoms with E-state index in [1.54, 1.807) is 0 Å². The Kier molecular flexibility index (Phi) is 6.72. The molecule has 5 nitrogen and oxygen atoms in total. The maximum Gasteiger partial charge on any atom is 0.159 e. The van der Waals surface area contributed by atoms with Crippen molar-refractivity contribution in [2.75, 3.05) is 40.3 Å². The van der Waals surface area contributed by atoms with Crippen molar-refractivity contribution in [1.29, 1.82) is 0 Å². The predicted molar refractivity (Wildman–Crippen MR) is 105 cm³/mol. The quantitative estimate of drug-likeness (QED) is 0.729. The maximum absolute atomic E-state index is 5.83. The molecule has 26 heavy (non-hydrogen) atoms. The first kappa shape index (κ1) is 19.0. The minimum absolute atomic E-state index is 0.365. The van der Waals surface area contributed by atoms with Gasteiger partial charge in [-0.1, -0.05) is 23.8 Å². The van der Waals surface area contributed by atoms with E-state index < -0.39 is 0 Å². The number of nitrogens with zero attached hydrogens (tertiary/aromatic N) is 4. The average molecular weight is 354 g/mol. The zero-order chi connectivity index (χ0) is 18.4. The van der Waals surface area contributed by atoms with Crippen LogP contribution < -0.4 is 0 Å². The van der Waals surface area contributed by atoms with Crippen molar-refractivity contribution in [3.05, 3.63) is 47.8 Å². The molecular weight excluding hydrogens is 324 g/mol. The lowest BCUT2D eigenvalue weighted by molar-refractivity contribution is 0.0682. The van der Waals surface area contributed by atoms with Gasteiger partial charge in [-0.3, -0.25) is 4.90 Å². The van der Waals surface area contributed by atoms with E-state index in [1.165, 1.54) is 18.4 Å². The van der Waals surface area contributed by atoms with Gasteiger partial charge in [0, 0.05) is 56.3 Å². The number of likely N-dealkylation sites (N-methyl/N-ethyl adjacent to an activating group) is 1. The summed E-state index contributed by atoms with van der Waals surface area (Å²) in [6, 6.07) is 8.32. The second-order valence-electron chi connectivity index (χ2n) is 7.46. The van der Waals surface area contributed by atoms with Crippen molar-refractivity contribution in [2.45, 2.75) is 32.4 Å². The Morgan fingerprint density at radius 3 is 2.62 bits per heavy atom. The lowest BCUT2D eigenvalue weighted by atomic mass is 10.1. The number of hydrogen-bond donors (Lipinski definition) is 0. The summed E-state index contributed by atoms with van der Waals surface area (Å²) < 4.78 is 5.83. The highest BCUT2D eigenvalue weighted by Crippen LogP contribution is 2.17. The Bertz CT molecular complexity index is 681. The van der Waals surface area contributed by atoms with Crippen LogP contribution in [-0.4, -0.2) is 66.2 Å². The van der Waals surface area contributed by atoms with Crippen LogP contribution >= 0.6 is 0 Å². The van der Waals surface area contributed by atoms with Crippen molar-refractivity contribution in [1.82, 2.24) is 19.8 Å². The molecule has 0 unspecified atom stereocenters. The van der Waals surface area contributed by atoms with Crippen molar-refractivity contribution >= 4 is 0 Å². The van der Waals surface area contributed by atoms with Crippen LogP contribution in [0.1, 0.15) is 24.0 Å². The molecule has 0 bridgehead atoms. The largest absolute Gasteiger partial charge is 0.377 e. The van der Waals surface area contributed by atoms with Gasteiger partial charge in [0.1, 0.15) is 0 Å². The van der Waals surface area contributed by atoms with Gasteiger partial charge in [-0.15, -0.1) is 0 Å². The second kappa shape index (κ2) is 9.21. The van der Waals surface area contributed by atoms with E-state index in [-0.39, 0.29) is 0 Å². The Hall–Kier alpha value is -1.82. The van der Waals surface area contributed by atoms with Gasteiger partial charge in [-0.25, -0.2) is 9.97 Å². The number of ether oxygens (including phenoxy) is 1. The number of aryl methyl sites for hydroxylation is 1. The number of benzene rings is 1.